The van der Waals surface area contributed by atoms with Crippen molar-refractivity contribution in [2.24, 2.45) is 0 Å². The van der Waals surface area contributed by atoms with Gasteiger partial charge in [-0.15, -0.1) is 0 Å². The molecule has 0 spiro atoms. The van der Waals surface area contributed by atoms with Crippen LogP contribution in [0.4, 0.5) is 0 Å². The molecule has 0 aliphatic rings. The summed E-state index contributed by atoms with van der Waals surface area (Å²) < 4.78 is 22.3. The fourth-order valence-electron chi connectivity index (χ4n) is 4.20. The minimum Gasteiger partial charge on any atom is -0.493 e. The van der Waals surface area contributed by atoms with Crippen LogP contribution in [0.15, 0.2) is 84.9 Å². The van der Waals surface area contributed by atoms with Crippen molar-refractivity contribution in [3.05, 3.63) is 102 Å². The average Bonchev–Trinajstić information content (AvgIpc) is 2.98. The molecular formula is C34H34O5. The van der Waals surface area contributed by atoms with Crippen molar-refractivity contribution in [1.82, 2.24) is 0 Å². The van der Waals surface area contributed by atoms with Gasteiger partial charge < -0.3 is 18.9 Å². The van der Waals surface area contributed by atoms with Gasteiger partial charge >= 0.3 is 5.97 Å². The van der Waals surface area contributed by atoms with Gasteiger partial charge in [-0.3, -0.25) is 0 Å². The quantitative estimate of drug-likeness (QED) is 0.0617. The first kappa shape index (κ1) is 27.5. The molecule has 0 N–H and O–H groups in total. The first-order valence-electron chi connectivity index (χ1n) is 13.2. The van der Waals surface area contributed by atoms with Crippen LogP contribution in [0.25, 0.3) is 29.0 Å². The number of unbranched alkanes of at least 4 members (excludes halogenated alkanes) is 2. The molecule has 4 aromatic carbocycles. The van der Waals surface area contributed by atoms with Crippen molar-refractivity contribution in [2.45, 2.75) is 26.2 Å². The summed E-state index contributed by atoms with van der Waals surface area (Å²) >= 11 is 0. The molecule has 200 valence electrons. The van der Waals surface area contributed by atoms with Gasteiger partial charge in [-0.05, 0) is 64.2 Å². The van der Waals surface area contributed by atoms with E-state index in [9.17, 15) is 4.79 Å². The lowest BCUT2D eigenvalue weighted by Crippen LogP contribution is -2.05. The summed E-state index contributed by atoms with van der Waals surface area (Å²) in [5.41, 5.74) is 2.85. The Labute approximate surface area is 230 Å². The number of hydrogen-bond acceptors (Lipinski definition) is 5. The summed E-state index contributed by atoms with van der Waals surface area (Å²) in [6.45, 7) is 2.80. The van der Waals surface area contributed by atoms with Gasteiger partial charge in [-0.2, -0.15) is 0 Å². The molecule has 4 rings (SSSR count). The van der Waals surface area contributed by atoms with Crippen molar-refractivity contribution in [3.8, 4) is 23.0 Å². The lowest BCUT2D eigenvalue weighted by Gasteiger charge is -2.11. The highest BCUT2D eigenvalue weighted by Gasteiger charge is 2.10. The molecule has 0 atom stereocenters. The van der Waals surface area contributed by atoms with Crippen molar-refractivity contribution in [1.29, 1.82) is 0 Å². The fraction of sp³-hybridized carbons (Fsp3) is 0.206. The van der Waals surface area contributed by atoms with E-state index in [0.29, 0.717) is 29.6 Å². The third-order valence-electron chi connectivity index (χ3n) is 6.28. The van der Waals surface area contributed by atoms with Gasteiger partial charge in [0.2, 0.25) is 0 Å². The second kappa shape index (κ2) is 13.9. The Bertz CT molecular complexity index is 1460. The van der Waals surface area contributed by atoms with E-state index in [1.54, 1.807) is 26.4 Å². The number of rotatable bonds is 12. The van der Waals surface area contributed by atoms with Crippen LogP contribution < -0.4 is 18.9 Å². The smallest absolute Gasteiger partial charge is 0.336 e. The van der Waals surface area contributed by atoms with Crippen LogP contribution >= 0.6 is 0 Å². The molecule has 0 fully saturated rings. The molecule has 0 aliphatic carbocycles. The Morgan fingerprint density at radius 3 is 2.18 bits per heavy atom. The van der Waals surface area contributed by atoms with Crippen LogP contribution in [0.1, 0.15) is 42.9 Å². The molecule has 4 aromatic rings. The highest BCUT2D eigenvalue weighted by atomic mass is 16.6. The average molecular weight is 523 g/mol. The predicted octanol–water partition coefficient (Wildman–Crippen LogP) is 8.22. The zero-order valence-electron chi connectivity index (χ0n) is 22.7. The molecular weight excluding hydrogens is 488 g/mol. The number of carbonyl (C=O) groups excluding carboxylic acids is 1. The molecule has 5 nitrogen and oxygen atoms in total. The largest absolute Gasteiger partial charge is 0.493 e. The lowest BCUT2D eigenvalue weighted by atomic mass is 10.0. The summed E-state index contributed by atoms with van der Waals surface area (Å²) in [7, 11) is 3.15. The Balaban J connectivity index is 1.41. The zero-order valence-corrected chi connectivity index (χ0v) is 22.7. The molecule has 0 aromatic heterocycles. The second-order valence-corrected chi connectivity index (χ2v) is 9.03. The van der Waals surface area contributed by atoms with Crippen LogP contribution in [0.3, 0.4) is 0 Å². The first-order chi connectivity index (χ1) is 19.1. The Kier molecular flexibility index (Phi) is 9.79. The fourth-order valence-corrected chi connectivity index (χ4v) is 4.20. The normalized spacial score (nSPS) is 11.3. The molecule has 0 saturated heterocycles. The Morgan fingerprint density at radius 2 is 1.41 bits per heavy atom. The summed E-state index contributed by atoms with van der Waals surface area (Å²) in [4.78, 5) is 12.6. The number of methoxy groups -OCH3 is 2. The van der Waals surface area contributed by atoms with Crippen molar-refractivity contribution >= 4 is 35.0 Å². The summed E-state index contributed by atoms with van der Waals surface area (Å²) in [5, 5.41) is 2.38. The summed E-state index contributed by atoms with van der Waals surface area (Å²) in [5.74, 6) is 1.63. The Morgan fingerprint density at radius 1 is 0.718 bits per heavy atom. The van der Waals surface area contributed by atoms with Crippen molar-refractivity contribution in [2.75, 3.05) is 20.8 Å². The first-order valence-corrected chi connectivity index (χ1v) is 13.2. The van der Waals surface area contributed by atoms with Gasteiger partial charge in [0, 0.05) is 6.08 Å². The zero-order chi connectivity index (χ0) is 27.5. The molecule has 0 aliphatic heterocycles. The number of fused-ring (bicyclic) bond motifs is 1. The highest BCUT2D eigenvalue weighted by molar-refractivity contribution is 5.93. The van der Waals surface area contributed by atoms with Crippen LogP contribution in [-0.4, -0.2) is 26.8 Å². The number of benzene rings is 4. The van der Waals surface area contributed by atoms with Gasteiger partial charge in [-0.25, -0.2) is 4.79 Å². The van der Waals surface area contributed by atoms with Crippen molar-refractivity contribution < 1.29 is 23.7 Å². The van der Waals surface area contributed by atoms with Gasteiger partial charge in [0.1, 0.15) is 0 Å². The highest BCUT2D eigenvalue weighted by Crippen LogP contribution is 2.31. The SMILES string of the molecule is CCCCCOc1ccc(/C=C/C(=O)Oc2ccc(/C=C/c3cccc4ccccc34)cc2OC)cc1OC. The maximum Gasteiger partial charge on any atom is 0.336 e. The molecule has 0 unspecified atom stereocenters. The standard InChI is InChI=1S/C34H34O5/c1-4-5-8-22-38-30-19-15-26(23-32(30)36-2)17-21-34(35)39-31-20-16-25(24-33(31)37-3)14-18-28-12-9-11-27-10-6-7-13-29(27)28/h6-7,9-21,23-24H,4-5,8,22H2,1-3H3/b18-14+,21-17+. The topological polar surface area (TPSA) is 54.0 Å². The van der Waals surface area contributed by atoms with E-state index in [0.717, 1.165) is 36.0 Å². The minimum atomic E-state index is -0.508. The third-order valence-corrected chi connectivity index (χ3v) is 6.28. The monoisotopic (exact) mass is 522 g/mol. The molecule has 5 heteroatoms. The maximum absolute atomic E-state index is 12.6. The third kappa shape index (κ3) is 7.51. The van der Waals surface area contributed by atoms with E-state index in [1.807, 2.05) is 54.6 Å². The molecule has 0 heterocycles. The number of ether oxygens (including phenoxy) is 4. The van der Waals surface area contributed by atoms with E-state index in [2.05, 4.69) is 37.3 Å². The van der Waals surface area contributed by atoms with Crippen LogP contribution in [0.2, 0.25) is 0 Å². The van der Waals surface area contributed by atoms with E-state index in [1.165, 1.54) is 16.8 Å². The number of carbonyl (C=O) groups is 1. The molecule has 0 radical (unpaired) electrons. The molecule has 0 amide bonds. The number of esters is 1. The van der Waals surface area contributed by atoms with Gasteiger partial charge in [-0.1, -0.05) is 86.5 Å². The van der Waals surface area contributed by atoms with Gasteiger partial charge in [0.15, 0.2) is 23.0 Å². The molecule has 39 heavy (non-hydrogen) atoms. The predicted molar refractivity (Wildman–Crippen MR) is 159 cm³/mol. The van der Waals surface area contributed by atoms with E-state index >= 15 is 0 Å². The van der Waals surface area contributed by atoms with Crippen molar-refractivity contribution in [3.63, 3.8) is 0 Å². The van der Waals surface area contributed by atoms with E-state index < -0.39 is 5.97 Å². The molecule has 0 saturated carbocycles. The second-order valence-electron chi connectivity index (χ2n) is 9.03. The Hall–Kier alpha value is -4.51. The van der Waals surface area contributed by atoms with Gasteiger partial charge in [0.05, 0.1) is 20.8 Å². The van der Waals surface area contributed by atoms with E-state index in [-0.39, 0.29) is 0 Å². The minimum absolute atomic E-state index is 0.350. The summed E-state index contributed by atoms with van der Waals surface area (Å²) in [6.07, 6.45) is 10.4. The van der Waals surface area contributed by atoms with Crippen LogP contribution in [-0.2, 0) is 4.79 Å². The number of hydrogen-bond donors (Lipinski definition) is 0. The molecule has 0 bridgehead atoms. The van der Waals surface area contributed by atoms with Crippen LogP contribution in [0, 0.1) is 0 Å². The maximum atomic E-state index is 12.6. The van der Waals surface area contributed by atoms with E-state index in [4.69, 9.17) is 18.9 Å². The summed E-state index contributed by atoms with van der Waals surface area (Å²) in [6, 6.07) is 25.5. The van der Waals surface area contributed by atoms with Crippen LogP contribution in [0.5, 0.6) is 23.0 Å². The lowest BCUT2D eigenvalue weighted by molar-refractivity contribution is -0.129. The van der Waals surface area contributed by atoms with Gasteiger partial charge in [0.25, 0.3) is 0 Å².